The molecule has 0 radical (unpaired) electrons. The van der Waals surface area contributed by atoms with Crippen molar-refractivity contribution in [2.75, 3.05) is 0 Å². The lowest BCUT2D eigenvalue weighted by Gasteiger charge is -2.08. The molecule has 0 aliphatic heterocycles. The molecule has 0 unspecified atom stereocenters. The van der Waals surface area contributed by atoms with E-state index < -0.39 is 0 Å². The molecule has 0 amide bonds. The summed E-state index contributed by atoms with van der Waals surface area (Å²) in [6, 6.07) is 15.7. The van der Waals surface area contributed by atoms with E-state index in [-0.39, 0.29) is 5.78 Å². The topological polar surface area (TPSA) is 45.8 Å². The van der Waals surface area contributed by atoms with E-state index in [1.165, 1.54) is 0 Å². The molecular formula is C17H14N2O. The van der Waals surface area contributed by atoms with Crippen molar-refractivity contribution in [2.45, 2.75) is 6.92 Å². The van der Waals surface area contributed by atoms with Crippen LogP contribution >= 0.6 is 0 Å². The summed E-state index contributed by atoms with van der Waals surface area (Å²) in [6.45, 7) is 1.58. The first kappa shape index (κ1) is 12.4. The smallest absolute Gasteiger partial charge is 0.159 e. The molecule has 1 aromatic heterocycles. The second kappa shape index (κ2) is 5.13. The molecule has 3 aromatic rings. The fourth-order valence-corrected chi connectivity index (χ4v) is 2.24. The summed E-state index contributed by atoms with van der Waals surface area (Å²) in [6.07, 6.45) is 3.55. The number of aromatic nitrogens is 2. The predicted octanol–water partition coefficient (Wildman–Crippen LogP) is 3.95. The van der Waals surface area contributed by atoms with Gasteiger partial charge in [0, 0.05) is 23.5 Å². The van der Waals surface area contributed by atoms with Crippen LogP contribution in [0.1, 0.15) is 17.3 Å². The number of carbonyl (C=O) groups is 1. The highest BCUT2D eigenvalue weighted by molar-refractivity contribution is 5.94. The number of rotatable bonds is 3. The third-order valence-electron chi connectivity index (χ3n) is 3.28. The lowest BCUT2D eigenvalue weighted by molar-refractivity contribution is 0.101. The molecule has 1 heterocycles. The van der Waals surface area contributed by atoms with Gasteiger partial charge in [0.25, 0.3) is 0 Å². The zero-order chi connectivity index (χ0) is 13.9. The Balaban J connectivity index is 2.08. The Hall–Kier alpha value is -2.68. The average Bonchev–Trinajstić information content (AvgIpc) is 3.01. The molecule has 20 heavy (non-hydrogen) atoms. The van der Waals surface area contributed by atoms with Crippen LogP contribution in [0.4, 0.5) is 0 Å². The lowest BCUT2D eigenvalue weighted by atomic mass is 9.98. The number of nitrogens with one attached hydrogen (secondary N) is 1. The molecule has 3 heteroatoms. The van der Waals surface area contributed by atoms with Crippen molar-refractivity contribution in [3.8, 4) is 22.5 Å². The van der Waals surface area contributed by atoms with Crippen molar-refractivity contribution in [3.05, 3.63) is 66.5 Å². The van der Waals surface area contributed by atoms with Gasteiger partial charge in [-0.15, -0.1) is 0 Å². The van der Waals surface area contributed by atoms with E-state index in [9.17, 15) is 4.79 Å². The van der Waals surface area contributed by atoms with Crippen LogP contribution in [0.15, 0.2) is 60.9 Å². The number of carbonyl (C=O) groups excluding carboxylic acids is 1. The number of H-pyrrole nitrogens is 1. The molecule has 0 spiro atoms. The van der Waals surface area contributed by atoms with Gasteiger partial charge in [0.2, 0.25) is 0 Å². The lowest BCUT2D eigenvalue weighted by Crippen LogP contribution is -1.92. The minimum atomic E-state index is 0.0795. The largest absolute Gasteiger partial charge is 0.345 e. The predicted molar refractivity (Wildman–Crippen MR) is 79.5 cm³/mol. The average molecular weight is 262 g/mol. The maximum atomic E-state index is 11.3. The molecule has 2 aromatic carbocycles. The summed E-state index contributed by atoms with van der Waals surface area (Å²) < 4.78 is 0. The van der Waals surface area contributed by atoms with Gasteiger partial charge in [0.1, 0.15) is 5.82 Å². The van der Waals surface area contributed by atoms with Gasteiger partial charge in [-0.2, -0.15) is 0 Å². The van der Waals surface area contributed by atoms with Crippen molar-refractivity contribution < 1.29 is 4.79 Å². The molecule has 0 fully saturated rings. The van der Waals surface area contributed by atoms with Crippen molar-refractivity contribution >= 4 is 5.78 Å². The molecule has 1 N–H and O–H groups in total. The molecule has 0 atom stereocenters. The fourth-order valence-electron chi connectivity index (χ4n) is 2.24. The van der Waals surface area contributed by atoms with Gasteiger partial charge in [0.15, 0.2) is 5.78 Å². The number of ketones is 1. The minimum Gasteiger partial charge on any atom is -0.345 e. The van der Waals surface area contributed by atoms with Crippen molar-refractivity contribution in [3.63, 3.8) is 0 Å². The zero-order valence-electron chi connectivity index (χ0n) is 11.1. The van der Waals surface area contributed by atoms with E-state index in [4.69, 9.17) is 0 Å². The summed E-state index contributed by atoms with van der Waals surface area (Å²) in [4.78, 5) is 18.8. The van der Waals surface area contributed by atoms with Gasteiger partial charge in [-0.05, 0) is 18.1 Å². The fraction of sp³-hybridized carbons (Fsp3) is 0.0588. The molecular weight excluding hydrogens is 248 g/mol. The van der Waals surface area contributed by atoms with Gasteiger partial charge in [-0.25, -0.2) is 4.98 Å². The van der Waals surface area contributed by atoms with Crippen molar-refractivity contribution in [1.29, 1.82) is 0 Å². The Kier molecular flexibility index (Phi) is 3.17. The third kappa shape index (κ3) is 2.26. The first-order chi connectivity index (χ1) is 9.75. The molecule has 0 aliphatic carbocycles. The number of nitrogens with zero attached hydrogens (tertiary/aromatic N) is 1. The van der Waals surface area contributed by atoms with Crippen LogP contribution in [0, 0.1) is 0 Å². The van der Waals surface area contributed by atoms with Crippen LogP contribution < -0.4 is 0 Å². The second-order valence-electron chi connectivity index (χ2n) is 4.62. The first-order valence-corrected chi connectivity index (χ1v) is 6.46. The normalized spacial score (nSPS) is 10.4. The van der Waals surface area contributed by atoms with E-state index in [0.717, 1.165) is 28.1 Å². The maximum absolute atomic E-state index is 11.3. The van der Waals surface area contributed by atoms with Crippen molar-refractivity contribution in [1.82, 2.24) is 9.97 Å². The molecule has 3 nitrogen and oxygen atoms in total. The van der Waals surface area contributed by atoms with E-state index >= 15 is 0 Å². The quantitative estimate of drug-likeness (QED) is 0.726. The Labute approximate surface area is 117 Å². The van der Waals surface area contributed by atoms with Crippen LogP contribution in [-0.2, 0) is 0 Å². The van der Waals surface area contributed by atoms with Crippen LogP contribution in [0.3, 0.4) is 0 Å². The Morgan fingerprint density at radius 3 is 2.30 bits per heavy atom. The van der Waals surface area contributed by atoms with Gasteiger partial charge in [-0.1, -0.05) is 48.5 Å². The van der Waals surface area contributed by atoms with Crippen LogP contribution in [0.25, 0.3) is 22.5 Å². The Morgan fingerprint density at radius 2 is 1.70 bits per heavy atom. The second-order valence-corrected chi connectivity index (χ2v) is 4.62. The monoisotopic (exact) mass is 262 g/mol. The number of aromatic amines is 1. The van der Waals surface area contributed by atoms with Crippen LogP contribution in [0.2, 0.25) is 0 Å². The van der Waals surface area contributed by atoms with E-state index in [1.807, 2.05) is 48.7 Å². The standard InChI is InChI=1S/C17H14N2O/c1-12(20)13-6-8-14(9-7-13)15-4-2-3-5-16(15)17-18-10-11-19-17/h2-11H,1H3,(H,18,19). The molecule has 98 valence electrons. The van der Waals surface area contributed by atoms with E-state index in [0.29, 0.717) is 0 Å². The number of imidazole rings is 1. The van der Waals surface area contributed by atoms with Gasteiger partial charge < -0.3 is 4.98 Å². The van der Waals surface area contributed by atoms with Crippen LogP contribution in [-0.4, -0.2) is 15.8 Å². The highest BCUT2D eigenvalue weighted by Gasteiger charge is 2.08. The first-order valence-electron chi connectivity index (χ1n) is 6.46. The Morgan fingerprint density at radius 1 is 1.00 bits per heavy atom. The summed E-state index contributed by atoms with van der Waals surface area (Å²) >= 11 is 0. The highest BCUT2D eigenvalue weighted by atomic mass is 16.1. The van der Waals surface area contributed by atoms with Gasteiger partial charge in [-0.3, -0.25) is 4.79 Å². The number of Topliss-reactive ketones (excluding diaryl/α,β-unsaturated/α-hetero) is 1. The minimum absolute atomic E-state index is 0.0795. The maximum Gasteiger partial charge on any atom is 0.159 e. The molecule has 0 saturated heterocycles. The van der Waals surface area contributed by atoms with Gasteiger partial charge in [0.05, 0.1) is 0 Å². The summed E-state index contributed by atoms with van der Waals surface area (Å²) in [5.41, 5.74) is 3.94. The number of hydrogen-bond donors (Lipinski definition) is 1. The van der Waals surface area contributed by atoms with Crippen molar-refractivity contribution in [2.24, 2.45) is 0 Å². The highest BCUT2D eigenvalue weighted by Crippen LogP contribution is 2.30. The van der Waals surface area contributed by atoms with Gasteiger partial charge >= 0.3 is 0 Å². The molecule has 0 saturated carbocycles. The number of benzene rings is 2. The molecule has 0 aliphatic rings. The third-order valence-corrected chi connectivity index (χ3v) is 3.28. The molecule has 0 bridgehead atoms. The number of hydrogen-bond acceptors (Lipinski definition) is 2. The summed E-state index contributed by atoms with van der Waals surface area (Å²) in [7, 11) is 0. The summed E-state index contributed by atoms with van der Waals surface area (Å²) in [5, 5.41) is 0. The summed E-state index contributed by atoms with van der Waals surface area (Å²) in [5.74, 6) is 0.923. The Bertz CT molecular complexity index is 728. The van der Waals surface area contributed by atoms with E-state index in [1.54, 1.807) is 13.1 Å². The zero-order valence-corrected chi connectivity index (χ0v) is 11.1. The van der Waals surface area contributed by atoms with E-state index in [2.05, 4.69) is 16.0 Å². The van der Waals surface area contributed by atoms with Crippen LogP contribution in [0.5, 0.6) is 0 Å². The SMILES string of the molecule is CC(=O)c1ccc(-c2ccccc2-c2ncc[nH]2)cc1. The molecule has 3 rings (SSSR count).